The van der Waals surface area contributed by atoms with Crippen LogP contribution in [-0.2, 0) is 6.54 Å². The summed E-state index contributed by atoms with van der Waals surface area (Å²) in [7, 11) is 0. The lowest BCUT2D eigenvalue weighted by Crippen LogP contribution is -2.24. The van der Waals surface area contributed by atoms with Crippen molar-refractivity contribution in [2.24, 2.45) is 5.92 Å². The Balaban J connectivity index is 2.03. The number of hydrogen-bond donors (Lipinski definition) is 1. The first-order chi connectivity index (χ1) is 9.72. The Morgan fingerprint density at radius 2 is 2.10 bits per heavy atom. The molecule has 0 aromatic heterocycles. The number of rotatable bonds is 5. The summed E-state index contributed by atoms with van der Waals surface area (Å²) in [5.41, 5.74) is 7.98. The van der Waals surface area contributed by atoms with Crippen molar-refractivity contribution < 1.29 is 4.74 Å². The van der Waals surface area contributed by atoms with Crippen molar-refractivity contribution in [3.8, 4) is 5.75 Å². The number of nitrogens with zero attached hydrogens (tertiary/aromatic N) is 1. The number of likely N-dealkylation sites (tertiary alicyclic amines) is 1. The van der Waals surface area contributed by atoms with E-state index in [0.717, 1.165) is 23.9 Å². The van der Waals surface area contributed by atoms with Gasteiger partial charge in [-0.05, 0) is 63.4 Å². The van der Waals surface area contributed by atoms with E-state index in [-0.39, 0.29) is 0 Å². The largest absolute Gasteiger partial charge is 0.494 e. The van der Waals surface area contributed by atoms with Crippen molar-refractivity contribution in [3.63, 3.8) is 0 Å². The monoisotopic (exact) mass is 276 g/mol. The predicted octanol–water partition coefficient (Wildman–Crippen LogP) is 3.68. The van der Waals surface area contributed by atoms with Crippen LogP contribution in [0.1, 0.15) is 45.1 Å². The molecule has 0 bridgehead atoms. The van der Waals surface area contributed by atoms with Crippen molar-refractivity contribution >= 4 is 5.69 Å². The van der Waals surface area contributed by atoms with Crippen LogP contribution in [0.2, 0.25) is 0 Å². The number of nitrogen functional groups attached to an aromatic ring is 1. The summed E-state index contributed by atoms with van der Waals surface area (Å²) in [5.74, 6) is 1.89. The van der Waals surface area contributed by atoms with Gasteiger partial charge in [-0.2, -0.15) is 0 Å². The van der Waals surface area contributed by atoms with E-state index in [1.54, 1.807) is 0 Å². The van der Waals surface area contributed by atoms with Crippen LogP contribution >= 0.6 is 0 Å². The molecule has 1 saturated heterocycles. The fourth-order valence-corrected chi connectivity index (χ4v) is 3.05. The summed E-state index contributed by atoms with van der Waals surface area (Å²) in [6.45, 7) is 8.38. The third kappa shape index (κ3) is 4.14. The van der Waals surface area contributed by atoms with Crippen LogP contribution in [0.4, 0.5) is 5.69 Å². The van der Waals surface area contributed by atoms with Gasteiger partial charge in [0, 0.05) is 17.8 Å². The van der Waals surface area contributed by atoms with Crippen molar-refractivity contribution in [1.82, 2.24) is 4.90 Å². The maximum absolute atomic E-state index is 5.93. The van der Waals surface area contributed by atoms with Crippen LogP contribution in [-0.4, -0.2) is 24.6 Å². The molecule has 20 heavy (non-hydrogen) atoms. The Morgan fingerprint density at radius 3 is 2.85 bits per heavy atom. The van der Waals surface area contributed by atoms with Crippen LogP contribution in [0.3, 0.4) is 0 Å². The molecule has 0 amide bonds. The number of nitrogens with two attached hydrogens (primary N) is 1. The zero-order valence-corrected chi connectivity index (χ0v) is 12.9. The summed E-state index contributed by atoms with van der Waals surface area (Å²) in [4.78, 5) is 2.55. The molecule has 2 N–H and O–H groups in total. The van der Waals surface area contributed by atoms with Crippen molar-refractivity contribution in [1.29, 1.82) is 0 Å². The first kappa shape index (κ1) is 15.2. The Kier molecular flexibility index (Phi) is 5.72. The molecule has 1 aromatic rings. The summed E-state index contributed by atoms with van der Waals surface area (Å²) in [6, 6.07) is 5.98. The van der Waals surface area contributed by atoms with Crippen LogP contribution in [0.15, 0.2) is 18.2 Å². The maximum atomic E-state index is 5.93. The van der Waals surface area contributed by atoms with Gasteiger partial charge in [-0.25, -0.2) is 0 Å². The molecule has 1 unspecified atom stereocenters. The number of hydrogen-bond acceptors (Lipinski definition) is 3. The van der Waals surface area contributed by atoms with Crippen molar-refractivity contribution in [3.05, 3.63) is 23.8 Å². The highest BCUT2D eigenvalue weighted by Gasteiger charge is 2.17. The standard InChI is InChI=1S/C17H28N2O/c1-3-14-6-5-10-19(11-9-14)13-15-12-16(18)7-8-17(15)20-4-2/h7-8,12,14H,3-6,9-11,13,18H2,1-2H3. The number of anilines is 1. The first-order valence-corrected chi connectivity index (χ1v) is 7.96. The van der Waals surface area contributed by atoms with Crippen LogP contribution < -0.4 is 10.5 Å². The molecule has 3 nitrogen and oxygen atoms in total. The van der Waals surface area contributed by atoms with Gasteiger partial charge in [0.25, 0.3) is 0 Å². The van der Waals surface area contributed by atoms with Gasteiger partial charge >= 0.3 is 0 Å². The molecule has 0 aliphatic carbocycles. The Labute approximate surface area is 123 Å². The fraction of sp³-hybridized carbons (Fsp3) is 0.647. The van der Waals surface area contributed by atoms with Crippen LogP contribution in [0, 0.1) is 5.92 Å². The molecule has 1 heterocycles. The van der Waals surface area contributed by atoms with E-state index in [1.165, 1.54) is 44.3 Å². The van der Waals surface area contributed by atoms with E-state index in [0.29, 0.717) is 6.61 Å². The quantitative estimate of drug-likeness (QED) is 0.834. The average molecular weight is 276 g/mol. The summed E-state index contributed by atoms with van der Waals surface area (Å²) >= 11 is 0. The molecule has 0 saturated carbocycles. The molecule has 112 valence electrons. The highest BCUT2D eigenvalue weighted by atomic mass is 16.5. The highest BCUT2D eigenvalue weighted by molar-refractivity contribution is 5.47. The summed E-state index contributed by atoms with van der Waals surface area (Å²) < 4.78 is 5.72. The van der Waals surface area contributed by atoms with Gasteiger partial charge in [0.15, 0.2) is 0 Å². The average Bonchev–Trinajstić information content (AvgIpc) is 2.67. The smallest absolute Gasteiger partial charge is 0.123 e. The van der Waals surface area contributed by atoms with E-state index in [4.69, 9.17) is 10.5 Å². The predicted molar refractivity (Wildman–Crippen MR) is 84.9 cm³/mol. The molecular weight excluding hydrogens is 248 g/mol. The minimum Gasteiger partial charge on any atom is -0.494 e. The molecule has 3 heteroatoms. The van der Waals surface area contributed by atoms with Crippen LogP contribution in [0.25, 0.3) is 0 Å². The van der Waals surface area contributed by atoms with Gasteiger partial charge < -0.3 is 10.5 Å². The second-order valence-corrected chi connectivity index (χ2v) is 5.78. The van der Waals surface area contributed by atoms with Gasteiger partial charge in [0.2, 0.25) is 0 Å². The topological polar surface area (TPSA) is 38.5 Å². The maximum Gasteiger partial charge on any atom is 0.123 e. The van der Waals surface area contributed by atoms with Gasteiger partial charge in [0.1, 0.15) is 5.75 Å². The van der Waals surface area contributed by atoms with Crippen molar-refractivity contribution in [2.45, 2.75) is 46.1 Å². The number of benzene rings is 1. The number of ether oxygens (including phenoxy) is 1. The molecular formula is C17H28N2O. The molecule has 1 aliphatic heterocycles. The lowest BCUT2D eigenvalue weighted by Gasteiger charge is -2.22. The zero-order chi connectivity index (χ0) is 14.4. The third-order valence-corrected chi connectivity index (χ3v) is 4.30. The lowest BCUT2D eigenvalue weighted by atomic mass is 9.98. The lowest BCUT2D eigenvalue weighted by molar-refractivity contribution is 0.263. The summed E-state index contributed by atoms with van der Waals surface area (Å²) in [5, 5.41) is 0. The van der Waals surface area contributed by atoms with E-state index < -0.39 is 0 Å². The van der Waals surface area contributed by atoms with Gasteiger partial charge in [-0.15, -0.1) is 0 Å². The normalized spacial score (nSPS) is 20.6. The molecule has 1 fully saturated rings. The second-order valence-electron chi connectivity index (χ2n) is 5.78. The van der Waals surface area contributed by atoms with E-state index in [1.807, 2.05) is 19.1 Å². The molecule has 2 rings (SSSR count). The molecule has 0 spiro atoms. The van der Waals surface area contributed by atoms with E-state index >= 15 is 0 Å². The Bertz CT molecular complexity index is 419. The SMILES string of the molecule is CCOc1ccc(N)cc1CN1CCCC(CC)CC1. The molecule has 1 aromatic carbocycles. The Morgan fingerprint density at radius 1 is 1.25 bits per heavy atom. The Hall–Kier alpha value is -1.22. The summed E-state index contributed by atoms with van der Waals surface area (Å²) in [6.07, 6.45) is 5.33. The third-order valence-electron chi connectivity index (χ3n) is 4.30. The van der Waals surface area contributed by atoms with Gasteiger partial charge in [-0.1, -0.05) is 13.3 Å². The van der Waals surface area contributed by atoms with E-state index in [2.05, 4.69) is 17.9 Å². The first-order valence-electron chi connectivity index (χ1n) is 7.96. The minimum absolute atomic E-state index is 0.703. The zero-order valence-electron chi connectivity index (χ0n) is 12.9. The fourth-order valence-electron chi connectivity index (χ4n) is 3.05. The molecule has 0 radical (unpaired) electrons. The van der Waals surface area contributed by atoms with Gasteiger partial charge in [0.05, 0.1) is 6.61 Å². The molecule has 1 aliphatic rings. The van der Waals surface area contributed by atoms with Crippen LogP contribution in [0.5, 0.6) is 5.75 Å². The molecule has 1 atom stereocenters. The minimum atomic E-state index is 0.703. The second kappa shape index (κ2) is 7.53. The van der Waals surface area contributed by atoms with Crippen molar-refractivity contribution in [2.75, 3.05) is 25.4 Å². The van der Waals surface area contributed by atoms with E-state index in [9.17, 15) is 0 Å². The van der Waals surface area contributed by atoms with Gasteiger partial charge in [-0.3, -0.25) is 4.90 Å². The highest BCUT2D eigenvalue weighted by Crippen LogP contribution is 2.26.